The van der Waals surface area contributed by atoms with Crippen molar-refractivity contribution in [2.24, 2.45) is 0 Å². The Bertz CT molecular complexity index is 719. The lowest BCUT2D eigenvalue weighted by molar-refractivity contribution is -0.274. The second kappa shape index (κ2) is 5.94. The molecule has 2 nitrogen and oxygen atoms in total. The number of hydrogen-bond donors (Lipinski definition) is 0. The first-order chi connectivity index (χ1) is 10.6. The molecule has 0 aliphatic rings. The monoisotopic (exact) mass is 334 g/mol. The molecule has 0 radical (unpaired) electrons. The molecule has 0 saturated heterocycles. The maximum absolute atomic E-state index is 13.1. The highest BCUT2D eigenvalue weighted by molar-refractivity contribution is 5.82. The maximum Gasteiger partial charge on any atom is 0.573 e. The zero-order chi connectivity index (χ0) is 17.3. The van der Waals surface area contributed by atoms with E-state index < -0.39 is 35.0 Å². The quantitative estimate of drug-likeness (QED) is 0.578. The first kappa shape index (κ1) is 16.9. The molecule has 23 heavy (non-hydrogen) atoms. The summed E-state index contributed by atoms with van der Waals surface area (Å²) in [5, 5.41) is 0. The standard InChI is InChI=1S/C15H8F6O2/c16-14(17,18)12-6-5-9(8-22)7-11(12)10-3-1-2-4-13(10)23-15(19,20)21/h1-8H. The molecular weight excluding hydrogens is 326 g/mol. The first-order valence-corrected chi connectivity index (χ1v) is 6.13. The number of ether oxygens (including phenoxy) is 1. The van der Waals surface area contributed by atoms with Crippen LogP contribution in [0.5, 0.6) is 5.75 Å². The van der Waals surface area contributed by atoms with Crippen molar-refractivity contribution in [1.82, 2.24) is 0 Å². The summed E-state index contributed by atoms with van der Waals surface area (Å²) in [6.45, 7) is 0. The fourth-order valence-corrected chi connectivity index (χ4v) is 2.01. The number of halogens is 6. The second-order valence-corrected chi connectivity index (χ2v) is 4.46. The van der Waals surface area contributed by atoms with Crippen LogP contribution in [-0.2, 0) is 6.18 Å². The van der Waals surface area contributed by atoms with E-state index in [0.717, 1.165) is 24.3 Å². The summed E-state index contributed by atoms with van der Waals surface area (Å²) in [5.74, 6) is -0.784. The predicted molar refractivity (Wildman–Crippen MR) is 69.0 cm³/mol. The van der Waals surface area contributed by atoms with E-state index in [-0.39, 0.29) is 5.56 Å². The van der Waals surface area contributed by atoms with Crippen molar-refractivity contribution in [3.05, 3.63) is 53.6 Å². The molecule has 2 rings (SSSR count). The summed E-state index contributed by atoms with van der Waals surface area (Å²) in [7, 11) is 0. The molecule has 0 saturated carbocycles. The molecule has 0 aliphatic heterocycles. The molecule has 0 amide bonds. The summed E-state index contributed by atoms with van der Waals surface area (Å²) in [6.07, 6.45) is -9.56. The topological polar surface area (TPSA) is 26.3 Å². The molecule has 0 N–H and O–H groups in total. The van der Waals surface area contributed by atoms with Gasteiger partial charge in [-0.3, -0.25) is 4.79 Å². The Labute approximate surface area is 126 Å². The third-order valence-electron chi connectivity index (χ3n) is 2.89. The van der Waals surface area contributed by atoms with Gasteiger partial charge in [-0.15, -0.1) is 13.2 Å². The summed E-state index contributed by atoms with van der Waals surface area (Å²) in [4.78, 5) is 10.8. The Kier molecular flexibility index (Phi) is 4.35. The number of hydrogen-bond acceptors (Lipinski definition) is 2. The van der Waals surface area contributed by atoms with Gasteiger partial charge >= 0.3 is 12.5 Å². The van der Waals surface area contributed by atoms with Crippen molar-refractivity contribution >= 4 is 6.29 Å². The van der Waals surface area contributed by atoms with Gasteiger partial charge in [0.05, 0.1) is 5.56 Å². The summed E-state index contributed by atoms with van der Waals surface area (Å²) >= 11 is 0. The highest BCUT2D eigenvalue weighted by Crippen LogP contribution is 2.41. The van der Waals surface area contributed by atoms with Crippen LogP contribution in [0.15, 0.2) is 42.5 Å². The van der Waals surface area contributed by atoms with Crippen LogP contribution in [0.3, 0.4) is 0 Å². The molecule has 122 valence electrons. The number of rotatable bonds is 3. The molecule has 0 unspecified atom stereocenters. The predicted octanol–water partition coefficient (Wildman–Crippen LogP) is 5.08. The highest BCUT2D eigenvalue weighted by Gasteiger charge is 2.36. The Morgan fingerprint density at radius 2 is 1.52 bits per heavy atom. The van der Waals surface area contributed by atoms with Crippen LogP contribution in [0.4, 0.5) is 26.3 Å². The van der Waals surface area contributed by atoms with Gasteiger partial charge in [0.1, 0.15) is 12.0 Å². The van der Waals surface area contributed by atoms with Gasteiger partial charge in [-0.25, -0.2) is 0 Å². The van der Waals surface area contributed by atoms with Gasteiger partial charge in [-0.1, -0.05) is 24.3 Å². The number of carbonyl (C=O) groups is 1. The molecule has 0 bridgehead atoms. The molecule has 0 heterocycles. The molecule has 2 aromatic rings. The SMILES string of the molecule is O=Cc1ccc(C(F)(F)F)c(-c2ccccc2OC(F)(F)F)c1. The number of aldehydes is 1. The smallest absolute Gasteiger partial charge is 0.405 e. The minimum atomic E-state index is -5.06. The minimum absolute atomic E-state index is 0.102. The van der Waals surface area contributed by atoms with Crippen molar-refractivity contribution in [3.8, 4) is 16.9 Å². The fraction of sp³-hybridized carbons (Fsp3) is 0.133. The van der Waals surface area contributed by atoms with Gasteiger partial charge in [-0.2, -0.15) is 13.2 Å². The van der Waals surface area contributed by atoms with Crippen LogP contribution >= 0.6 is 0 Å². The van der Waals surface area contributed by atoms with Gasteiger partial charge in [0.25, 0.3) is 0 Å². The number of carbonyl (C=O) groups excluding carboxylic acids is 1. The highest BCUT2D eigenvalue weighted by atomic mass is 19.4. The summed E-state index contributed by atoms with van der Waals surface area (Å²) < 4.78 is 80.3. The van der Waals surface area contributed by atoms with Crippen molar-refractivity contribution in [2.45, 2.75) is 12.5 Å². The second-order valence-electron chi connectivity index (χ2n) is 4.46. The molecule has 0 aromatic heterocycles. The normalized spacial score (nSPS) is 12.1. The lowest BCUT2D eigenvalue weighted by Crippen LogP contribution is -2.18. The van der Waals surface area contributed by atoms with Crippen LogP contribution < -0.4 is 4.74 Å². The van der Waals surface area contributed by atoms with Gasteiger partial charge in [-0.05, 0) is 23.8 Å². The third-order valence-corrected chi connectivity index (χ3v) is 2.89. The summed E-state index contributed by atoms with van der Waals surface area (Å²) in [6, 6.07) is 6.87. The van der Waals surface area contributed by atoms with Crippen LogP contribution in [-0.4, -0.2) is 12.6 Å². The van der Waals surface area contributed by atoms with Crippen LogP contribution in [0.2, 0.25) is 0 Å². The van der Waals surface area contributed by atoms with E-state index in [0.29, 0.717) is 12.4 Å². The third kappa shape index (κ3) is 4.02. The Balaban J connectivity index is 2.68. The summed E-state index contributed by atoms with van der Waals surface area (Å²) in [5.41, 5.74) is -2.25. The number of benzene rings is 2. The van der Waals surface area contributed by atoms with E-state index in [9.17, 15) is 31.1 Å². The van der Waals surface area contributed by atoms with Crippen LogP contribution in [0.1, 0.15) is 15.9 Å². The number of para-hydroxylation sites is 1. The Hall–Kier alpha value is -2.51. The molecule has 0 atom stereocenters. The maximum atomic E-state index is 13.1. The van der Waals surface area contributed by atoms with Crippen molar-refractivity contribution < 1.29 is 35.9 Å². The van der Waals surface area contributed by atoms with Crippen molar-refractivity contribution in [2.75, 3.05) is 0 Å². The largest absolute Gasteiger partial charge is 0.573 e. The van der Waals surface area contributed by atoms with Gasteiger partial charge < -0.3 is 4.74 Å². The van der Waals surface area contributed by atoms with Crippen LogP contribution in [0.25, 0.3) is 11.1 Å². The van der Waals surface area contributed by atoms with E-state index in [2.05, 4.69) is 4.74 Å². The van der Waals surface area contributed by atoms with Gasteiger partial charge in [0.15, 0.2) is 0 Å². The molecule has 2 aromatic carbocycles. The molecule has 8 heteroatoms. The molecule has 0 fully saturated rings. The lowest BCUT2D eigenvalue weighted by atomic mass is 9.96. The van der Waals surface area contributed by atoms with Gasteiger partial charge in [0, 0.05) is 11.1 Å². The molecule has 0 spiro atoms. The van der Waals surface area contributed by atoms with E-state index in [1.807, 2.05) is 0 Å². The zero-order valence-electron chi connectivity index (χ0n) is 11.2. The van der Waals surface area contributed by atoms with E-state index in [1.165, 1.54) is 12.1 Å². The molecule has 0 aliphatic carbocycles. The van der Waals surface area contributed by atoms with E-state index in [1.54, 1.807) is 0 Å². The molecular formula is C15H8F6O2. The minimum Gasteiger partial charge on any atom is -0.405 e. The van der Waals surface area contributed by atoms with Crippen LogP contribution in [0, 0.1) is 0 Å². The average Bonchev–Trinajstić information content (AvgIpc) is 2.44. The van der Waals surface area contributed by atoms with E-state index >= 15 is 0 Å². The van der Waals surface area contributed by atoms with Gasteiger partial charge in [0.2, 0.25) is 0 Å². The number of alkyl halides is 6. The fourth-order valence-electron chi connectivity index (χ4n) is 2.01. The average molecular weight is 334 g/mol. The lowest BCUT2D eigenvalue weighted by Gasteiger charge is -2.17. The van der Waals surface area contributed by atoms with E-state index in [4.69, 9.17) is 0 Å². The van der Waals surface area contributed by atoms with Crippen molar-refractivity contribution in [3.63, 3.8) is 0 Å². The Morgan fingerprint density at radius 1 is 0.870 bits per heavy atom. The Morgan fingerprint density at radius 3 is 2.09 bits per heavy atom. The zero-order valence-corrected chi connectivity index (χ0v) is 11.2. The first-order valence-electron chi connectivity index (χ1n) is 6.13. The van der Waals surface area contributed by atoms with Crippen molar-refractivity contribution in [1.29, 1.82) is 0 Å².